The third-order valence-electron chi connectivity index (χ3n) is 5.18. The number of amides is 1. The molecule has 2 aliphatic rings. The van der Waals surface area contributed by atoms with Crippen LogP contribution < -0.4 is 0 Å². The molecule has 1 aliphatic heterocycles. The molecule has 3 atom stereocenters. The van der Waals surface area contributed by atoms with Gasteiger partial charge >= 0.3 is 0 Å². The lowest BCUT2D eigenvalue weighted by Gasteiger charge is -2.35. The lowest BCUT2D eigenvalue weighted by atomic mass is 10.1. The van der Waals surface area contributed by atoms with Gasteiger partial charge in [0, 0.05) is 46.3 Å². The molecule has 1 saturated carbocycles. The van der Waals surface area contributed by atoms with E-state index in [4.69, 9.17) is 9.15 Å². The van der Waals surface area contributed by atoms with Crippen molar-refractivity contribution in [2.45, 2.75) is 57.2 Å². The fourth-order valence-electron chi connectivity index (χ4n) is 3.89. The van der Waals surface area contributed by atoms with Gasteiger partial charge in [0.05, 0.1) is 6.10 Å². The molecule has 7 nitrogen and oxygen atoms in total. The highest BCUT2D eigenvalue weighted by Gasteiger charge is 2.39. The van der Waals surface area contributed by atoms with Crippen molar-refractivity contribution in [2.75, 3.05) is 27.2 Å². The number of ether oxygens (including phenoxy) is 1. The van der Waals surface area contributed by atoms with Crippen molar-refractivity contribution in [3.63, 3.8) is 0 Å². The van der Waals surface area contributed by atoms with Crippen molar-refractivity contribution in [1.29, 1.82) is 0 Å². The van der Waals surface area contributed by atoms with E-state index in [0.29, 0.717) is 23.9 Å². The van der Waals surface area contributed by atoms with Gasteiger partial charge in [-0.2, -0.15) is 0 Å². The van der Waals surface area contributed by atoms with Crippen LogP contribution in [0.3, 0.4) is 0 Å². The summed E-state index contributed by atoms with van der Waals surface area (Å²) in [7, 11) is 3.68. The fourth-order valence-corrected chi connectivity index (χ4v) is 3.89. The van der Waals surface area contributed by atoms with E-state index in [0.717, 1.165) is 32.4 Å². The molecule has 0 radical (unpaired) electrons. The maximum Gasteiger partial charge on any atom is 0.232 e. The average molecular weight is 322 g/mol. The van der Waals surface area contributed by atoms with E-state index < -0.39 is 0 Å². The van der Waals surface area contributed by atoms with Crippen LogP contribution in [-0.2, 0) is 16.0 Å². The van der Waals surface area contributed by atoms with Crippen molar-refractivity contribution in [3.8, 4) is 0 Å². The SMILES string of the molecule is COC1CCN([C@H]2CCC[C@H]2N(C)C(=O)Cc2nnc(C)o2)C1. The first kappa shape index (κ1) is 16.4. The van der Waals surface area contributed by atoms with Gasteiger partial charge in [0.25, 0.3) is 0 Å². The Morgan fingerprint density at radius 1 is 1.39 bits per heavy atom. The largest absolute Gasteiger partial charge is 0.425 e. The summed E-state index contributed by atoms with van der Waals surface area (Å²) >= 11 is 0. The number of carbonyl (C=O) groups is 1. The minimum atomic E-state index is 0.0491. The van der Waals surface area contributed by atoms with E-state index in [1.54, 1.807) is 14.0 Å². The summed E-state index contributed by atoms with van der Waals surface area (Å²) in [6.07, 6.45) is 4.97. The van der Waals surface area contributed by atoms with Crippen LogP contribution in [0, 0.1) is 6.92 Å². The van der Waals surface area contributed by atoms with Gasteiger partial charge in [-0.1, -0.05) is 0 Å². The lowest BCUT2D eigenvalue weighted by molar-refractivity contribution is -0.132. The molecule has 0 N–H and O–H groups in total. The number of carbonyl (C=O) groups excluding carboxylic acids is 1. The Hall–Kier alpha value is -1.47. The van der Waals surface area contributed by atoms with Crippen LogP contribution in [-0.4, -0.2) is 71.3 Å². The molecule has 23 heavy (non-hydrogen) atoms. The van der Waals surface area contributed by atoms with Crippen LogP contribution in [0.5, 0.6) is 0 Å². The predicted molar refractivity (Wildman–Crippen MR) is 83.9 cm³/mol. The highest BCUT2D eigenvalue weighted by atomic mass is 16.5. The molecule has 1 aromatic heterocycles. The third kappa shape index (κ3) is 3.55. The average Bonchev–Trinajstić information content (AvgIpc) is 3.25. The van der Waals surface area contributed by atoms with Gasteiger partial charge in [-0.15, -0.1) is 10.2 Å². The number of hydrogen-bond donors (Lipinski definition) is 0. The van der Waals surface area contributed by atoms with Gasteiger partial charge in [0.15, 0.2) is 0 Å². The Kier molecular flexibility index (Phi) is 4.96. The second kappa shape index (κ2) is 6.97. The molecule has 7 heteroatoms. The molecule has 1 unspecified atom stereocenters. The maximum atomic E-state index is 12.5. The van der Waals surface area contributed by atoms with Crippen LogP contribution >= 0.6 is 0 Å². The molecule has 2 fully saturated rings. The van der Waals surface area contributed by atoms with Gasteiger partial charge < -0.3 is 14.1 Å². The van der Waals surface area contributed by atoms with Crippen LogP contribution in [0.4, 0.5) is 0 Å². The predicted octanol–water partition coefficient (Wildman–Crippen LogP) is 1.02. The van der Waals surface area contributed by atoms with E-state index in [1.807, 2.05) is 11.9 Å². The maximum absolute atomic E-state index is 12.5. The summed E-state index contributed by atoms with van der Waals surface area (Å²) < 4.78 is 10.8. The molecule has 1 aliphatic carbocycles. The molecule has 0 bridgehead atoms. The van der Waals surface area contributed by atoms with E-state index in [-0.39, 0.29) is 18.4 Å². The Balaban J connectivity index is 1.61. The van der Waals surface area contributed by atoms with Crippen LogP contribution in [0.15, 0.2) is 4.42 Å². The molecule has 0 aromatic carbocycles. The summed E-state index contributed by atoms with van der Waals surface area (Å²) in [6.45, 7) is 3.77. The first-order valence-electron chi connectivity index (χ1n) is 8.40. The van der Waals surface area contributed by atoms with Crippen molar-refractivity contribution >= 4 is 5.91 Å². The highest BCUT2D eigenvalue weighted by Crippen LogP contribution is 2.31. The molecule has 1 aromatic rings. The van der Waals surface area contributed by atoms with Gasteiger partial charge in [0.1, 0.15) is 6.42 Å². The third-order valence-corrected chi connectivity index (χ3v) is 5.18. The Bertz CT molecular complexity index is 547. The number of likely N-dealkylation sites (N-methyl/N-ethyl adjacent to an activating group) is 1. The number of likely N-dealkylation sites (tertiary alicyclic amines) is 1. The lowest BCUT2D eigenvalue weighted by Crippen LogP contribution is -2.49. The first-order valence-corrected chi connectivity index (χ1v) is 8.40. The van der Waals surface area contributed by atoms with Crippen molar-refractivity contribution in [1.82, 2.24) is 20.0 Å². The minimum absolute atomic E-state index is 0.0491. The van der Waals surface area contributed by atoms with Crippen LogP contribution in [0.1, 0.15) is 37.5 Å². The molecule has 1 saturated heterocycles. The van der Waals surface area contributed by atoms with E-state index in [2.05, 4.69) is 15.1 Å². The zero-order valence-corrected chi connectivity index (χ0v) is 14.2. The van der Waals surface area contributed by atoms with Crippen LogP contribution in [0.2, 0.25) is 0 Å². The quantitative estimate of drug-likeness (QED) is 0.806. The van der Waals surface area contributed by atoms with Gasteiger partial charge in [-0.3, -0.25) is 9.69 Å². The summed E-state index contributed by atoms with van der Waals surface area (Å²) in [4.78, 5) is 16.9. The topological polar surface area (TPSA) is 71.7 Å². The molecular weight excluding hydrogens is 296 g/mol. The van der Waals surface area contributed by atoms with E-state index in [1.165, 1.54) is 6.42 Å². The Morgan fingerprint density at radius 3 is 2.87 bits per heavy atom. The summed E-state index contributed by atoms with van der Waals surface area (Å²) in [5, 5.41) is 7.70. The van der Waals surface area contributed by atoms with Crippen LogP contribution in [0.25, 0.3) is 0 Å². The summed E-state index contributed by atoms with van der Waals surface area (Å²) in [6, 6.07) is 0.704. The van der Waals surface area contributed by atoms with Gasteiger partial charge in [-0.05, 0) is 25.7 Å². The second-order valence-electron chi connectivity index (χ2n) is 6.60. The van der Waals surface area contributed by atoms with Crippen molar-refractivity contribution in [2.24, 2.45) is 0 Å². The van der Waals surface area contributed by atoms with E-state index in [9.17, 15) is 4.79 Å². The number of aromatic nitrogens is 2. The molecule has 1 amide bonds. The summed E-state index contributed by atoms with van der Waals surface area (Å²) in [5.41, 5.74) is 0. The molecule has 3 rings (SSSR count). The van der Waals surface area contributed by atoms with Crippen molar-refractivity contribution < 1.29 is 13.9 Å². The molecule has 128 valence electrons. The monoisotopic (exact) mass is 322 g/mol. The van der Waals surface area contributed by atoms with E-state index >= 15 is 0 Å². The molecule has 0 spiro atoms. The number of aryl methyl sites for hydroxylation is 1. The first-order chi connectivity index (χ1) is 11.1. The number of rotatable bonds is 5. The van der Waals surface area contributed by atoms with Gasteiger partial charge in [-0.25, -0.2) is 0 Å². The van der Waals surface area contributed by atoms with Gasteiger partial charge in [0.2, 0.25) is 17.7 Å². The second-order valence-corrected chi connectivity index (χ2v) is 6.60. The number of hydrogen-bond acceptors (Lipinski definition) is 6. The zero-order valence-electron chi connectivity index (χ0n) is 14.2. The minimum Gasteiger partial charge on any atom is -0.425 e. The standard InChI is InChI=1S/C16H26N4O3/c1-11-17-18-15(23-11)9-16(21)19(2)13-5-4-6-14(13)20-8-7-12(10-20)22-3/h12-14H,4-10H2,1-3H3/t12?,13-,14+/m1/s1. The number of nitrogens with zero attached hydrogens (tertiary/aromatic N) is 4. The zero-order chi connectivity index (χ0) is 16.4. The smallest absolute Gasteiger partial charge is 0.232 e. The summed E-state index contributed by atoms with van der Waals surface area (Å²) in [5.74, 6) is 0.944. The van der Waals surface area contributed by atoms with Crippen molar-refractivity contribution in [3.05, 3.63) is 11.8 Å². The number of methoxy groups -OCH3 is 1. The molecular formula is C16H26N4O3. The molecule has 2 heterocycles. The highest BCUT2D eigenvalue weighted by molar-refractivity contribution is 5.78. The Morgan fingerprint density at radius 2 is 2.22 bits per heavy atom. The normalized spacial score (nSPS) is 28.4. The fraction of sp³-hybridized carbons (Fsp3) is 0.812. The Labute approximate surface area is 137 Å².